The van der Waals surface area contributed by atoms with Crippen molar-refractivity contribution in [3.63, 3.8) is 0 Å². The van der Waals surface area contributed by atoms with Crippen LogP contribution in [-0.4, -0.2) is 130 Å². The molecule has 0 aliphatic carbocycles. The molecule has 0 aliphatic rings. The molecule has 0 spiro atoms. The zero-order valence-electron chi connectivity index (χ0n) is 46.4. The van der Waals surface area contributed by atoms with Crippen LogP contribution < -0.4 is 29.6 Å². The number of hydrogen-bond donors (Lipinski definition) is 8. The van der Waals surface area contributed by atoms with Gasteiger partial charge in [-0.25, -0.2) is 14.4 Å². The Kier molecular flexibility index (Phi) is 23.8. The Morgan fingerprint density at radius 2 is 0.648 bits per heavy atom. The van der Waals surface area contributed by atoms with Crippen molar-refractivity contribution < 1.29 is 95.4 Å². The zero-order chi connectivity index (χ0) is 64.2. The number of carbonyl (C=O) groups excluding carboxylic acids is 1. The highest BCUT2D eigenvalue weighted by molar-refractivity contribution is 7.86. The molecule has 6 aromatic carbocycles. The third-order valence-corrected chi connectivity index (χ3v) is 14.7. The van der Waals surface area contributed by atoms with E-state index in [2.05, 4.69) is 51.5 Å². The number of urea groups is 1. The van der Waals surface area contributed by atoms with Crippen LogP contribution in [0.1, 0.15) is 57.5 Å². The molecular formula is C53H56N10O21S4. The lowest BCUT2D eigenvalue weighted by atomic mass is 10.1. The maximum absolute atomic E-state index is 13.8. The number of ether oxygens (including phenoxy) is 4. The van der Waals surface area contributed by atoms with Crippen molar-refractivity contribution in [2.45, 2.75) is 39.5 Å². The van der Waals surface area contributed by atoms with E-state index in [0.29, 0.717) is 33.9 Å². The van der Waals surface area contributed by atoms with Crippen LogP contribution in [0, 0.1) is 13.8 Å². The topological polar surface area (TPSA) is 469 Å². The predicted molar refractivity (Wildman–Crippen MR) is 318 cm³/mol. The minimum absolute atomic E-state index is 0.000542. The van der Waals surface area contributed by atoms with Crippen molar-refractivity contribution in [2.75, 3.05) is 60.1 Å². The molecule has 6 aromatic rings. The minimum Gasteiger partial charge on any atom is -0.491 e. The summed E-state index contributed by atoms with van der Waals surface area (Å²) in [7, 11) is -17.2. The average molecular weight is 1300 g/mol. The molecule has 468 valence electrons. The lowest BCUT2D eigenvalue weighted by Gasteiger charge is -2.17. The van der Waals surface area contributed by atoms with Gasteiger partial charge in [0.1, 0.15) is 34.4 Å². The number of aromatic carboxylic acids is 2. The molecule has 35 heteroatoms. The first kappa shape index (κ1) is 67.9. The average Bonchev–Trinajstić information content (AvgIpc) is 3.08. The Morgan fingerprint density at radius 3 is 0.920 bits per heavy atom. The summed E-state index contributed by atoms with van der Waals surface area (Å²) < 4.78 is 150. The van der Waals surface area contributed by atoms with Crippen LogP contribution in [0.4, 0.5) is 61.7 Å². The molecule has 0 aromatic heterocycles. The number of carbonyl (C=O) groups is 3. The van der Waals surface area contributed by atoms with Gasteiger partial charge < -0.3 is 39.8 Å². The van der Waals surface area contributed by atoms with Gasteiger partial charge in [-0.3, -0.25) is 18.2 Å². The maximum atomic E-state index is 13.8. The highest BCUT2D eigenvalue weighted by Gasteiger charge is 2.19. The van der Waals surface area contributed by atoms with Gasteiger partial charge in [0.15, 0.2) is 0 Å². The van der Waals surface area contributed by atoms with Gasteiger partial charge in [-0.15, -0.1) is 10.2 Å². The fourth-order valence-electron chi connectivity index (χ4n) is 7.28. The largest absolute Gasteiger partial charge is 0.491 e. The molecule has 88 heavy (non-hydrogen) atoms. The van der Waals surface area contributed by atoms with Crippen LogP contribution in [0.15, 0.2) is 150 Å². The second-order valence-corrected chi connectivity index (χ2v) is 24.9. The molecule has 0 aliphatic heterocycles. The fourth-order valence-corrected chi connectivity index (χ4v) is 9.21. The monoisotopic (exact) mass is 1300 g/mol. The van der Waals surface area contributed by atoms with Gasteiger partial charge in [-0.2, -0.15) is 64.4 Å². The molecule has 0 unspecified atom stereocenters. The number of amides is 2. The van der Waals surface area contributed by atoms with E-state index >= 15 is 0 Å². The Balaban J connectivity index is 1.18. The second-order valence-electron chi connectivity index (χ2n) is 18.6. The number of azo groups is 4. The van der Waals surface area contributed by atoms with E-state index < -0.39 is 81.5 Å². The first-order chi connectivity index (χ1) is 41.5. The third-order valence-electron chi connectivity index (χ3n) is 11.5. The van der Waals surface area contributed by atoms with Crippen molar-refractivity contribution in [2.24, 2.45) is 40.9 Å². The lowest BCUT2D eigenvalue weighted by molar-refractivity contribution is 0.0685. The van der Waals surface area contributed by atoms with Gasteiger partial charge in [-0.1, -0.05) is 0 Å². The molecule has 31 nitrogen and oxygen atoms in total. The molecule has 2 amide bonds. The summed E-state index contributed by atoms with van der Waals surface area (Å²) in [6.45, 7) is 2.43. The van der Waals surface area contributed by atoms with Gasteiger partial charge in [0, 0.05) is 12.1 Å². The van der Waals surface area contributed by atoms with Crippen LogP contribution in [0.2, 0.25) is 0 Å². The smallest absolute Gasteiger partial charge is 0.335 e. The summed E-state index contributed by atoms with van der Waals surface area (Å²) in [5.74, 6) is -4.93. The zero-order valence-corrected chi connectivity index (χ0v) is 49.7. The van der Waals surface area contributed by atoms with Gasteiger partial charge in [0.25, 0.3) is 40.5 Å². The molecule has 8 N–H and O–H groups in total. The Bertz CT molecular complexity index is 3850. The van der Waals surface area contributed by atoms with Gasteiger partial charge in [0.05, 0.1) is 106 Å². The van der Waals surface area contributed by atoms with Gasteiger partial charge >= 0.3 is 18.0 Å². The number of carboxylic acids is 2. The normalized spacial score (nSPS) is 12.2. The van der Waals surface area contributed by atoms with Crippen LogP contribution in [0.25, 0.3) is 0 Å². The highest BCUT2D eigenvalue weighted by atomic mass is 32.2. The number of hydrogen-bond acceptors (Lipinski definition) is 23. The first-order valence-electron chi connectivity index (χ1n) is 25.8. The predicted octanol–water partition coefficient (Wildman–Crippen LogP) is 11.6. The molecule has 0 fully saturated rings. The number of rotatable bonds is 32. The van der Waals surface area contributed by atoms with Crippen molar-refractivity contribution in [3.05, 3.63) is 131 Å². The number of aryl methyl sites for hydroxylation is 2. The summed E-state index contributed by atoms with van der Waals surface area (Å²) in [6, 6.07) is 25.0. The van der Waals surface area contributed by atoms with E-state index in [1.165, 1.54) is 60.7 Å². The fraction of sp³-hybridized carbons (Fsp3) is 0.264. The maximum Gasteiger partial charge on any atom is 0.335 e. The summed E-state index contributed by atoms with van der Waals surface area (Å²) in [6.07, 6.45) is -0.499. The molecule has 0 radical (unpaired) electrons. The Labute approximate surface area is 503 Å². The number of nitrogens with zero attached hydrogens (tertiary/aromatic N) is 8. The van der Waals surface area contributed by atoms with Crippen LogP contribution in [0.3, 0.4) is 0 Å². The highest BCUT2D eigenvalue weighted by Crippen LogP contribution is 2.38. The first-order valence-corrected chi connectivity index (χ1v) is 32.2. The summed E-state index contributed by atoms with van der Waals surface area (Å²) in [5.41, 5.74) is 2.88. The molecule has 0 saturated carbocycles. The summed E-state index contributed by atoms with van der Waals surface area (Å²) in [4.78, 5) is 37.0. The van der Waals surface area contributed by atoms with Crippen LogP contribution in [0.5, 0.6) is 23.0 Å². The number of nitrogens with one attached hydrogen (secondary N) is 2. The lowest BCUT2D eigenvalue weighted by Crippen LogP contribution is -2.21. The molecule has 0 atom stereocenters. The summed E-state index contributed by atoms with van der Waals surface area (Å²) in [5, 5.41) is 58.1. The van der Waals surface area contributed by atoms with Crippen molar-refractivity contribution in [1.82, 2.24) is 0 Å². The SMILES string of the molecule is Cc1cc(NC(=O)Nc2cc(C)c(N=Nc3ccc(N=Nc4ccc(C(=O)O)cc4OCCCS(=O)(=O)O)cc3)cc2OCCCS(=O)(=O)O)c(OCCCS(=O)(=O)O)cc1N=Nc1ccc(N=Nc2ccc(C(=O)O)cc2OCCCS(=O)(=O)O)cc1. The molecule has 0 saturated heterocycles. The molecular weight excluding hydrogens is 1240 g/mol. The van der Waals surface area contributed by atoms with Gasteiger partial charge in [-0.05, 0) is 148 Å². The number of benzene rings is 6. The quantitative estimate of drug-likeness (QED) is 0.0110. The van der Waals surface area contributed by atoms with E-state index in [4.69, 9.17) is 28.1 Å². The van der Waals surface area contributed by atoms with E-state index in [1.807, 2.05) is 0 Å². The third kappa shape index (κ3) is 23.6. The molecule has 6 rings (SSSR count). The Hall–Kier alpha value is -9.23. The van der Waals surface area contributed by atoms with Crippen LogP contribution >= 0.6 is 0 Å². The van der Waals surface area contributed by atoms with Gasteiger partial charge in [0.2, 0.25) is 0 Å². The Morgan fingerprint density at radius 1 is 0.375 bits per heavy atom. The van der Waals surface area contributed by atoms with E-state index in [9.17, 15) is 67.4 Å². The number of anilines is 2. The standard InChI is InChI=1S/C53H56N10O21S4/c1-33-27-45(49(83-21-5-25-87(75,76)77)31-43(33)62-58-39-13-9-37(10-14-39)56-60-41-17-7-35(51(64)65)29-47(41)81-19-3-23-85(69,70)71)54-53(68)55-46-28-34(2)44(32-50(46)84-22-6-26-88(78,79)80)63-59-40-15-11-38(12-16-40)57-61-42-18-8-36(52(66)67)30-48(42)82-20-4-24-86(72,73)74/h7-18,27-32H,3-6,19-26H2,1-2H3,(H,64,65)(H,66,67)(H2,54,55,68)(H,69,70,71)(H,72,73,74)(H,75,76,77)(H,78,79,80). The van der Waals surface area contributed by atoms with Crippen molar-refractivity contribution in [3.8, 4) is 23.0 Å². The summed E-state index contributed by atoms with van der Waals surface area (Å²) >= 11 is 0. The van der Waals surface area contributed by atoms with E-state index in [0.717, 1.165) is 0 Å². The second kappa shape index (κ2) is 30.9. The molecule has 0 heterocycles. The minimum atomic E-state index is -4.36. The van der Waals surface area contributed by atoms with Crippen LogP contribution in [-0.2, 0) is 40.5 Å². The van der Waals surface area contributed by atoms with Crippen molar-refractivity contribution >= 4 is 115 Å². The van der Waals surface area contributed by atoms with Crippen molar-refractivity contribution in [1.29, 1.82) is 0 Å². The molecule has 0 bridgehead atoms. The van der Waals surface area contributed by atoms with E-state index in [-0.39, 0.29) is 120 Å². The van der Waals surface area contributed by atoms with E-state index in [1.54, 1.807) is 62.4 Å². The number of carboxylic acid groups (broad SMARTS) is 2.